The van der Waals surface area contributed by atoms with Crippen LogP contribution in [0.2, 0.25) is 0 Å². The summed E-state index contributed by atoms with van der Waals surface area (Å²) >= 11 is 33.0. The Hall–Kier alpha value is 2.89. The second-order valence-electron chi connectivity index (χ2n) is 4.59. The number of rotatable bonds is 12. The third-order valence-corrected chi connectivity index (χ3v) is 15.6. The maximum atomic E-state index is 5.91. The van der Waals surface area contributed by atoms with Crippen molar-refractivity contribution < 1.29 is 0 Å². The van der Waals surface area contributed by atoms with Gasteiger partial charge in [0, 0.05) is 34.9 Å². The van der Waals surface area contributed by atoms with Gasteiger partial charge >= 0.3 is 0 Å². The summed E-state index contributed by atoms with van der Waals surface area (Å²) in [5.74, 6) is 6.09. The van der Waals surface area contributed by atoms with Gasteiger partial charge in [-0.1, -0.05) is 54.0 Å². The molecule has 0 radical (unpaired) electrons. The van der Waals surface area contributed by atoms with Crippen molar-refractivity contribution in [2.75, 3.05) is 40.7 Å². The zero-order chi connectivity index (χ0) is 18.8. The average molecular weight is 562 g/mol. The van der Waals surface area contributed by atoms with Gasteiger partial charge in [0.2, 0.25) is 0 Å². The van der Waals surface area contributed by atoms with Crippen molar-refractivity contribution in [3.63, 3.8) is 0 Å². The molecule has 0 spiro atoms. The average Bonchev–Trinajstić information content (AvgIpc) is 3.25. The molecular formula is C15H19Cl3S8. The second-order valence-corrected chi connectivity index (χ2v) is 15.8. The van der Waals surface area contributed by atoms with Gasteiger partial charge in [0.25, 0.3) is 0 Å². The van der Waals surface area contributed by atoms with Crippen molar-refractivity contribution >= 4 is 129 Å². The van der Waals surface area contributed by atoms with Crippen LogP contribution in [-0.2, 0) is 0 Å². The molecule has 0 amide bonds. The molecule has 0 bridgehead atoms. The van der Waals surface area contributed by atoms with Crippen LogP contribution in [-0.4, -0.2) is 40.7 Å². The minimum Gasteiger partial charge on any atom is -0.126 e. The van der Waals surface area contributed by atoms with E-state index < -0.39 is 0 Å². The van der Waals surface area contributed by atoms with E-state index >= 15 is 0 Å². The Kier molecular flexibility index (Phi) is 14.3. The van der Waals surface area contributed by atoms with Crippen molar-refractivity contribution in [2.45, 2.75) is 13.3 Å². The molecule has 0 saturated carbocycles. The van der Waals surface area contributed by atoms with Gasteiger partial charge in [-0.3, -0.25) is 0 Å². The number of alkyl halides is 3. The molecule has 0 aliphatic carbocycles. The molecule has 0 N–H and O–H groups in total. The van der Waals surface area contributed by atoms with E-state index in [4.69, 9.17) is 34.8 Å². The fraction of sp³-hybridized carbons (Fsp3) is 0.600. The molecule has 2 rings (SSSR count). The van der Waals surface area contributed by atoms with Gasteiger partial charge in [0.15, 0.2) is 0 Å². The zero-order valence-corrected chi connectivity index (χ0v) is 22.9. The summed E-state index contributed by atoms with van der Waals surface area (Å²) in [4.78, 5) is 0. The van der Waals surface area contributed by atoms with E-state index in [1.165, 1.54) is 37.6 Å². The summed E-state index contributed by atoms with van der Waals surface area (Å²) in [7, 11) is 0. The Balaban J connectivity index is 2.08. The molecule has 2 heterocycles. The predicted molar refractivity (Wildman–Crippen MR) is 144 cm³/mol. The highest BCUT2D eigenvalue weighted by atomic mass is 35.5. The molecule has 0 atom stereocenters. The number of hydrogen-bond donors (Lipinski definition) is 0. The van der Waals surface area contributed by atoms with Crippen molar-refractivity contribution in [1.82, 2.24) is 0 Å². The lowest BCUT2D eigenvalue weighted by molar-refractivity contribution is 1.11. The molecule has 2 aliphatic heterocycles. The minimum absolute atomic E-state index is 0.681. The highest BCUT2D eigenvalue weighted by Crippen LogP contribution is 2.66. The van der Waals surface area contributed by atoms with Gasteiger partial charge in [-0.05, 0) is 12.2 Å². The summed E-state index contributed by atoms with van der Waals surface area (Å²) in [6.07, 6.45) is 1.20. The highest BCUT2D eigenvalue weighted by molar-refractivity contribution is 8.45. The van der Waals surface area contributed by atoms with Crippen LogP contribution in [0.1, 0.15) is 13.3 Å². The van der Waals surface area contributed by atoms with Gasteiger partial charge < -0.3 is 0 Å². The van der Waals surface area contributed by atoms with E-state index in [-0.39, 0.29) is 0 Å². The van der Waals surface area contributed by atoms with Crippen LogP contribution in [0, 0.1) is 0 Å². The smallest absolute Gasteiger partial charge is 0.0717 e. The van der Waals surface area contributed by atoms with Crippen LogP contribution >= 0.6 is 129 Å². The van der Waals surface area contributed by atoms with Gasteiger partial charge in [-0.25, -0.2) is 0 Å². The van der Waals surface area contributed by atoms with Gasteiger partial charge in [-0.2, -0.15) is 0 Å². The third kappa shape index (κ3) is 8.20. The Morgan fingerprint density at radius 3 is 1.15 bits per heavy atom. The summed E-state index contributed by atoms with van der Waals surface area (Å²) in [5, 5.41) is 0. The predicted octanol–water partition coefficient (Wildman–Crippen LogP) is 9.39. The zero-order valence-electron chi connectivity index (χ0n) is 14.1. The Labute approximate surface area is 206 Å². The first-order valence-corrected chi connectivity index (χ1v) is 16.7. The van der Waals surface area contributed by atoms with Crippen LogP contribution in [0.4, 0.5) is 0 Å². The molecule has 26 heavy (non-hydrogen) atoms. The summed E-state index contributed by atoms with van der Waals surface area (Å²) in [6, 6.07) is 0. The Bertz CT molecular complexity index is 469. The van der Waals surface area contributed by atoms with Crippen molar-refractivity contribution in [3.8, 4) is 0 Å². The van der Waals surface area contributed by atoms with E-state index in [0.29, 0.717) is 17.6 Å². The molecule has 0 nitrogen and oxygen atoms in total. The van der Waals surface area contributed by atoms with Gasteiger partial charge in [0.1, 0.15) is 0 Å². The molecule has 0 saturated heterocycles. The third-order valence-electron chi connectivity index (χ3n) is 2.61. The molecule has 148 valence electrons. The maximum absolute atomic E-state index is 5.91. The molecule has 11 heteroatoms. The first-order valence-electron chi connectivity index (χ1n) is 7.86. The van der Waals surface area contributed by atoms with E-state index in [1.807, 2.05) is 94.1 Å². The Morgan fingerprint density at radius 1 is 0.577 bits per heavy atom. The summed E-state index contributed by atoms with van der Waals surface area (Å²) < 4.78 is 8.48. The summed E-state index contributed by atoms with van der Waals surface area (Å²) in [5.41, 5.74) is 0. The Morgan fingerprint density at radius 2 is 0.885 bits per heavy atom. The quantitative estimate of drug-likeness (QED) is 0.213. The standard InChI is InChI=1S/C15H19Cl3S8/c1-2-6-19-10-11(20-7-3-16)24-14(23-10)15-25-12(21-8-4-17)13(26-15)22-9-5-18/h2-9H2,1H3. The topological polar surface area (TPSA) is 0 Å². The van der Waals surface area contributed by atoms with E-state index in [9.17, 15) is 0 Å². The largest absolute Gasteiger partial charge is 0.126 e. The normalized spacial score (nSPS) is 18.0. The van der Waals surface area contributed by atoms with E-state index in [2.05, 4.69) is 6.92 Å². The fourth-order valence-corrected chi connectivity index (χ4v) is 13.7. The number of hydrogen-bond acceptors (Lipinski definition) is 8. The first kappa shape index (κ1) is 25.2. The van der Waals surface area contributed by atoms with Gasteiger partial charge in [-0.15, -0.1) is 81.9 Å². The SMILES string of the molecule is CCCSC1=C(SCCCl)SC(=C2SC(SCCCl)=C(SCCCl)S2)S1. The van der Waals surface area contributed by atoms with Crippen LogP contribution < -0.4 is 0 Å². The van der Waals surface area contributed by atoms with E-state index in [0.717, 1.165) is 17.3 Å². The fourth-order valence-electron chi connectivity index (χ4n) is 1.65. The van der Waals surface area contributed by atoms with Crippen LogP contribution in [0.5, 0.6) is 0 Å². The summed E-state index contributed by atoms with van der Waals surface area (Å²) in [6.45, 7) is 2.23. The molecule has 0 unspecified atom stereocenters. The lowest BCUT2D eigenvalue weighted by atomic mass is 10.6. The lowest BCUT2D eigenvalue weighted by Gasteiger charge is -2.02. The van der Waals surface area contributed by atoms with Crippen molar-refractivity contribution in [3.05, 3.63) is 25.4 Å². The lowest BCUT2D eigenvalue weighted by Crippen LogP contribution is -1.81. The molecule has 0 aromatic rings. The van der Waals surface area contributed by atoms with Crippen LogP contribution in [0.25, 0.3) is 0 Å². The monoisotopic (exact) mass is 560 g/mol. The van der Waals surface area contributed by atoms with Crippen LogP contribution in [0.3, 0.4) is 0 Å². The van der Waals surface area contributed by atoms with Gasteiger partial charge in [0.05, 0.1) is 25.4 Å². The van der Waals surface area contributed by atoms with E-state index in [1.54, 1.807) is 0 Å². The molecule has 2 aliphatic rings. The first-order chi connectivity index (χ1) is 12.7. The molecule has 0 aromatic heterocycles. The van der Waals surface area contributed by atoms with Crippen molar-refractivity contribution in [1.29, 1.82) is 0 Å². The molecule has 0 fully saturated rings. The minimum atomic E-state index is 0.681. The number of thioether (sulfide) groups is 8. The number of halogens is 3. The maximum Gasteiger partial charge on any atom is 0.0717 e. The van der Waals surface area contributed by atoms with Crippen molar-refractivity contribution in [2.24, 2.45) is 0 Å². The highest BCUT2D eigenvalue weighted by Gasteiger charge is 2.30. The molecular weight excluding hydrogens is 543 g/mol. The second kappa shape index (κ2) is 14.8. The molecule has 0 aromatic carbocycles. The van der Waals surface area contributed by atoms with Crippen LogP contribution in [0.15, 0.2) is 25.4 Å².